The summed E-state index contributed by atoms with van der Waals surface area (Å²) in [5.74, 6) is 0. The van der Waals surface area contributed by atoms with E-state index in [1.165, 1.54) is 44.1 Å². The van der Waals surface area contributed by atoms with E-state index in [-0.39, 0.29) is 0 Å². The Hall–Kier alpha value is -0.240. The van der Waals surface area contributed by atoms with E-state index in [1.807, 2.05) is 6.07 Å². The molecule has 1 aromatic carbocycles. The van der Waals surface area contributed by atoms with Gasteiger partial charge >= 0.3 is 0 Å². The predicted octanol–water partition coefficient (Wildman–Crippen LogP) is 5.54. The van der Waals surface area contributed by atoms with Gasteiger partial charge in [-0.15, -0.1) is 0 Å². The SMILES string of the molecule is CCN(C)CCC1(c2ccc(Cl)c(Cl)c2)CCCCC1. The third kappa shape index (κ3) is 3.69. The van der Waals surface area contributed by atoms with Crippen LogP contribution in [-0.4, -0.2) is 25.0 Å². The average Bonchev–Trinajstić information content (AvgIpc) is 2.48. The van der Waals surface area contributed by atoms with Crippen molar-refractivity contribution >= 4 is 23.2 Å². The number of halogens is 2. The first-order chi connectivity index (χ1) is 9.57. The molecular weight excluding hydrogens is 289 g/mol. The van der Waals surface area contributed by atoms with Crippen molar-refractivity contribution in [1.29, 1.82) is 0 Å². The maximum absolute atomic E-state index is 6.24. The first kappa shape index (κ1) is 16.1. The van der Waals surface area contributed by atoms with Crippen LogP contribution in [-0.2, 0) is 5.41 Å². The molecular formula is C17H25Cl2N. The lowest BCUT2D eigenvalue weighted by Gasteiger charge is -2.39. The standard InChI is InChI=1S/C17H25Cl2N/c1-3-20(2)12-11-17(9-5-4-6-10-17)14-7-8-15(18)16(19)13-14/h7-8,13H,3-6,9-12H2,1-2H3. The second-order valence-electron chi connectivity index (χ2n) is 6.12. The molecule has 0 aliphatic heterocycles. The summed E-state index contributed by atoms with van der Waals surface area (Å²) in [5.41, 5.74) is 1.69. The largest absolute Gasteiger partial charge is 0.307 e. The molecule has 1 fully saturated rings. The summed E-state index contributed by atoms with van der Waals surface area (Å²) >= 11 is 12.3. The van der Waals surface area contributed by atoms with Gasteiger partial charge in [-0.05, 0) is 62.5 Å². The Morgan fingerprint density at radius 1 is 1.10 bits per heavy atom. The van der Waals surface area contributed by atoms with Crippen molar-refractivity contribution in [3.8, 4) is 0 Å². The van der Waals surface area contributed by atoms with Crippen molar-refractivity contribution in [2.75, 3.05) is 20.1 Å². The van der Waals surface area contributed by atoms with Gasteiger partial charge in [0.15, 0.2) is 0 Å². The molecule has 3 heteroatoms. The van der Waals surface area contributed by atoms with Gasteiger partial charge in [0.25, 0.3) is 0 Å². The van der Waals surface area contributed by atoms with Gasteiger partial charge in [-0.25, -0.2) is 0 Å². The maximum atomic E-state index is 6.24. The Balaban J connectivity index is 2.23. The van der Waals surface area contributed by atoms with Crippen molar-refractivity contribution < 1.29 is 0 Å². The zero-order valence-corrected chi connectivity index (χ0v) is 14.1. The summed E-state index contributed by atoms with van der Waals surface area (Å²) in [6.45, 7) is 4.47. The molecule has 1 aliphatic rings. The van der Waals surface area contributed by atoms with Crippen LogP contribution in [0.15, 0.2) is 18.2 Å². The third-order valence-corrected chi connectivity index (χ3v) is 5.59. The number of rotatable bonds is 5. The molecule has 1 saturated carbocycles. The van der Waals surface area contributed by atoms with E-state index in [0.29, 0.717) is 15.5 Å². The van der Waals surface area contributed by atoms with Crippen LogP contribution in [0.2, 0.25) is 10.0 Å². The van der Waals surface area contributed by atoms with Crippen LogP contribution >= 0.6 is 23.2 Å². The van der Waals surface area contributed by atoms with E-state index >= 15 is 0 Å². The number of nitrogens with zero attached hydrogens (tertiary/aromatic N) is 1. The van der Waals surface area contributed by atoms with Crippen LogP contribution in [0.5, 0.6) is 0 Å². The summed E-state index contributed by atoms with van der Waals surface area (Å²) in [6.07, 6.45) is 7.80. The van der Waals surface area contributed by atoms with Crippen molar-refractivity contribution in [1.82, 2.24) is 4.90 Å². The van der Waals surface area contributed by atoms with Crippen molar-refractivity contribution in [2.24, 2.45) is 0 Å². The molecule has 1 nitrogen and oxygen atoms in total. The molecule has 0 atom stereocenters. The first-order valence-electron chi connectivity index (χ1n) is 7.71. The fraction of sp³-hybridized carbons (Fsp3) is 0.647. The second-order valence-corrected chi connectivity index (χ2v) is 6.93. The molecule has 1 aliphatic carbocycles. The van der Waals surface area contributed by atoms with Crippen LogP contribution in [0.1, 0.15) is 51.0 Å². The summed E-state index contributed by atoms with van der Waals surface area (Å²) < 4.78 is 0. The Morgan fingerprint density at radius 2 is 1.80 bits per heavy atom. The van der Waals surface area contributed by atoms with Crippen molar-refractivity contribution in [3.05, 3.63) is 33.8 Å². The lowest BCUT2D eigenvalue weighted by atomic mass is 9.67. The molecule has 0 radical (unpaired) electrons. The van der Waals surface area contributed by atoms with Crippen LogP contribution in [0.25, 0.3) is 0 Å². The lowest BCUT2D eigenvalue weighted by Crippen LogP contribution is -2.34. The highest BCUT2D eigenvalue weighted by Crippen LogP contribution is 2.43. The summed E-state index contributed by atoms with van der Waals surface area (Å²) in [4.78, 5) is 2.40. The fourth-order valence-corrected chi connectivity index (χ4v) is 3.60. The molecule has 20 heavy (non-hydrogen) atoms. The minimum atomic E-state index is 0.301. The topological polar surface area (TPSA) is 3.24 Å². The second kappa shape index (κ2) is 7.15. The highest BCUT2D eigenvalue weighted by Gasteiger charge is 2.34. The molecule has 0 N–H and O–H groups in total. The summed E-state index contributed by atoms with van der Waals surface area (Å²) in [7, 11) is 2.20. The van der Waals surface area contributed by atoms with E-state index in [1.54, 1.807) is 0 Å². The molecule has 0 bridgehead atoms. The van der Waals surface area contributed by atoms with Crippen molar-refractivity contribution in [3.63, 3.8) is 0 Å². The van der Waals surface area contributed by atoms with Gasteiger partial charge in [0.2, 0.25) is 0 Å². The number of hydrogen-bond donors (Lipinski definition) is 0. The number of hydrogen-bond acceptors (Lipinski definition) is 1. The minimum absolute atomic E-state index is 0.301. The number of benzene rings is 1. The van der Waals surface area contributed by atoms with Crippen molar-refractivity contribution in [2.45, 2.75) is 50.9 Å². The van der Waals surface area contributed by atoms with E-state index in [0.717, 1.165) is 13.1 Å². The summed E-state index contributed by atoms with van der Waals surface area (Å²) in [5, 5.41) is 1.35. The zero-order valence-electron chi connectivity index (χ0n) is 12.6. The van der Waals surface area contributed by atoms with Gasteiger partial charge < -0.3 is 4.90 Å². The Kier molecular flexibility index (Phi) is 5.77. The first-order valence-corrected chi connectivity index (χ1v) is 8.47. The molecule has 0 spiro atoms. The zero-order chi connectivity index (χ0) is 14.6. The van der Waals surface area contributed by atoms with E-state index in [9.17, 15) is 0 Å². The van der Waals surface area contributed by atoms with Gasteiger partial charge in [-0.2, -0.15) is 0 Å². The predicted molar refractivity (Wildman–Crippen MR) is 89.0 cm³/mol. The van der Waals surface area contributed by atoms with Crippen LogP contribution < -0.4 is 0 Å². The molecule has 1 aromatic rings. The van der Waals surface area contributed by atoms with Gasteiger partial charge in [0, 0.05) is 0 Å². The molecule has 0 heterocycles. The van der Waals surface area contributed by atoms with Crippen LogP contribution in [0, 0.1) is 0 Å². The monoisotopic (exact) mass is 313 g/mol. The quantitative estimate of drug-likeness (QED) is 0.690. The lowest BCUT2D eigenvalue weighted by molar-refractivity contribution is 0.230. The third-order valence-electron chi connectivity index (χ3n) is 4.85. The summed E-state index contributed by atoms with van der Waals surface area (Å²) in [6, 6.07) is 6.24. The molecule has 2 rings (SSSR count). The maximum Gasteiger partial charge on any atom is 0.0595 e. The molecule has 0 saturated heterocycles. The fourth-order valence-electron chi connectivity index (χ4n) is 3.30. The van der Waals surface area contributed by atoms with E-state index < -0.39 is 0 Å². The van der Waals surface area contributed by atoms with Crippen LogP contribution in [0.3, 0.4) is 0 Å². The highest BCUT2D eigenvalue weighted by atomic mass is 35.5. The molecule has 0 amide bonds. The normalized spacial score (nSPS) is 18.4. The van der Waals surface area contributed by atoms with E-state index in [4.69, 9.17) is 23.2 Å². The van der Waals surface area contributed by atoms with E-state index in [2.05, 4.69) is 31.0 Å². The molecule has 0 unspecified atom stereocenters. The Morgan fingerprint density at radius 3 is 2.40 bits per heavy atom. The highest BCUT2D eigenvalue weighted by molar-refractivity contribution is 6.42. The molecule has 112 valence electrons. The average molecular weight is 314 g/mol. The Labute approximate surface area is 133 Å². The smallest absolute Gasteiger partial charge is 0.0595 e. The van der Waals surface area contributed by atoms with Gasteiger partial charge in [-0.1, -0.05) is 55.5 Å². The van der Waals surface area contributed by atoms with Crippen LogP contribution in [0.4, 0.5) is 0 Å². The van der Waals surface area contributed by atoms with Gasteiger partial charge in [0.1, 0.15) is 0 Å². The Bertz CT molecular complexity index is 439. The minimum Gasteiger partial charge on any atom is -0.307 e. The van der Waals surface area contributed by atoms with Gasteiger partial charge in [-0.3, -0.25) is 0 Å². The molecule has 0 aromatic heterocycles. The van der Waals surface area contributed by atoms with Gasteiger partial charge in [0.05, 0.1) is 10.0 Å².